The van der Waals surface area contributed by atoms with Crippen LogP contribution in [0.2, 0.25) is 0 Å². The fourth-order valence-electron chi connectivity index (χ4n) is 3.54. The first kappa shape index (κ1) is 11.4. The molecule has 2 aliphatic rings. The minimum absolute atomic E-state index is 0.0617. The number of likely N-dealkylation sites (tertiary alicyclic amines) is 1. The number of nitrogens with zero attached hydrogens (tertiary/aromatic N) is 1. The topological polar surface area (TPSA) is 23.5 Å². The van der Waals surface area contributed by atoms with Gasteiger partial charge in [-0.05, 0) is 39.0 Å². The quantitative estimate of drug-likeness (QED) is 0.759. The van der Waals surface area contributed by atoms with Crippen molar-refractivity contribution in [3.05, 3.63) is 0 Å². The molecule has 15 heavy (non-hydrogen) atoms. The minimum atomic E-state index is -0.0617. The molecule has 2 rings (SSSR count). The van der Waals surface area contributed by atoms with E-state index in [1.807, 2.05) is 0 Å². The molecule has 1 aliphatic carbocycles. The Morgan fingerprint density at radius 3 is 2.53 bits per heavy atom. The van der Waals surface area contributed by atoms with Crippen LogP contribution < -0.4 is 0 Å². The molecule has 1 aliphatic heterocycles. The molecule has 2 nitrogen and oxygen atoms in total. The van der Waals surface area contributed by atoms with Crippen molar-refractivity contribution in [2.24, 2.45) is 0 Å². The van der Waals surface area contributed by atoms with Gasteiger partial charge in [0.2, 0.25) is 0 Å². The Morgan fingerprint density at radius 1 is 1.13 bits per heavy atom. The van der Waals surface area contributed by atoms with Crippen molar-refractivity contribution in [1.82, 2.24) is 4.90 Å². The molecule has 0 aromatic rings. The van der Waals surface area contributed by atoms with Gasteiger partial charge in [-0.15, -0.1) is 0 Å². The largest absolute Gasteiger partial charge is 0.391 e. The summed E-state index contributed by atoms with van der Waals surface area (Å²) in [5.41, 5.74) is 0. The fourth-order valence-corrected chi connectivity index (χ4v) is 3.54. The van der Waals surface area contributed by atoms with Crippen LogP contribution in [0.4, 0.5) is 0 Å². The van der Waals surface area contributed by atoms with Crippen LogP contribution >= 0.6 is 0 Å². The normalized spacial score (nSPS) is 43.4. The lowest BCUT2D eigenvalue weighted by atomic mass is 9.90. The van der Waals surface area contributed by atoms with Crippen molar-refractivity contribution in [3.63, 3.8) is 0 Å². The van der Waals surface area contributed by atoms with E-state index in [9.17, 15) is 5.11 Å². The summed E-state index contributed by atoms with van der Waals surface area (Å²) in [5.74, 6) is 0. The highest BCUT2D eigenvalue weighted by molar-refractivity contribution is 4.93. The maximum Gasteiger partial charge on any atom is 0.0695 e. The van der Waals surface area contributed by atoms with Gasteiger partial charge in [-0.2, -0.15) is 0 Å². The van der Waals surface area contributed by atoms with E-state index in [-0.39, 0.29) is 6.10 Å². The van der Waals surface area contributed by atoms with Crippen LogP contribution in [0.15, 0.2) is 0 Å². The number of hydrogen-bond donors (Lipinski definition) is 1. The van der Waals surface area contributed by atoms with Crippen LogP contribution in [-0.4, -0.2) is 34.2 Å². The van der Waals surface area contributed by atoms with E-state index < -0.39 is 0 Å². The second kappa shape index (κ2) is 4.84. The second-order valence-corrected chi connectivity index (χ2v) is 5.35. The molecule has 0 radical (unpaired) electrons. The molecular weight excluding hydrogens is 186 g/mol. The van der Waals surface area contributed by atoms with Crippen LogP contribution in [-0.2, 0) is 0 Å². The van der Waals surface area contributed by atoms with Gasteiger partial charge in [0.1, 0.15) is 0 Å². The van der Waals surface area contributed by atoms with Gasteiger partial charge in [-0.25, -0.2) is 0 Å². The summed E-state index contributed by atoms with van der Waals surface area (Å²) in [4.78, 5) is 2.63. The van der Waals surface area contributed by atoms with Crippen molar-refractivity contribution < 1.29 is 5.11 Å². The van der Waals surface area contributed by atoms with Gasteiger partial charge >= 0.3 is 0 Å². The highest BCUT2D eigenvalue weighted by Gasteiger charge is 2.38. The van der Waals surface area contributed by atoms with Crippen LogP contribution in [0.3, 0.4) is 0 Å². The van der Waals surface area contributed by atoms with Crippen molar-refractivity contribution in [3.8, 4) is 0 Å². The summed E-state index contributed by atoms with van der Waals surface area (Å²) in [6.07, 6.45) is 8.59. The zero-order valence-corrected chi connectivity index (χ0v) is 10.2. The predicted octanol–water partition coefficient (Wildman–Crippen LogP) is 2.55. The summed E-state index contributed by atoms with van der Waals surface area (Å²) in [6, 6.07) is 1.88. The molecule has 0 bridgehead atoms. The lowest BCUT2D eigenvalue weighted by Gasteiger charge is -2.41. The van der Waals surface area contributed by atoms with E-state index in [1.165, 1.54) is 38.5 Å². The standard InChI is InChI=1S/C13H25NO/c1-3-11-9-8-10(2)14(11)12-6-4-5-7-13(12)15/h10-13,15H,3-9H2,1-2H3/t10?,11?,12-,13-/m1/s1. The first-order valence-electron chi connectivity index (χ1n) is 6.69. The Bertz CT molecular complexity index is 207. The van der Waals surface area contributed by atoms with E-state index >= 15 is 0 Å². The van der Waals surface area contributed by atoms with E-state index in [1.54, 1.807) is 0 Å². The average Bonchev–Trinajstić information content (AvgIpc) is 2.60. The molecule has 1 saturated carbocycles. The smallest absolute Gasteiger partial charge is 0.0695 e. The maximum atomic E-state index is 10.1. The predicted molar refractivity (Wildman–Crippen MR) is 62.9 cm³/mol. The SMILES string of the molecule is CCC1CCC(C)N1[C@@H]1CCCC[C@H]1O. The minimum Gasteiger partial charge on any atom is -0.391 e. The summed E-state index contributed by atoms with van der Waals surface area (Å²) in [6.45, 7) is 4.61. The van der Waals surface area contributed by atoms with E-state index in [0.29, 0.717) is 12.1 Å². The fraction of sp³-hybridized carbons (Fsp3) is 1.00. The van der Waals surface area contributed by atoms with Gasteiger partial charge in [-0.3, -0.25) is 4.90 Å². The first-order chi connectivity index (χ1) is 7.24. The van der Waals surface area contributed by atoms with Crippen molar-refractivity contribution in [2.45, 2.75) is 83.0 Å². The molecule has 1 heterocycles. The third kappa shape index (κ3) is 2.21. The van der Waals surface area contributed by atoms with Crippen LogP contribution in [0.1, 0.15) is 58.8 Å². The zero-order valence-electron chi connectivity index (χ0n) is 10.2. The van der Waals surface area contributed by atoms with Crippen LogP contribution in [0, 0.1) is 0 Å². The Kier molecular flexibility index (Phi) is 3.68. The highest BCUT2D eigenvalue weighted by Crippen LogP contribution is 2.34. The number of aliphatic hydroxyl groups is 1. The monoisotopic (exact) mass is 211 g/mol. The van der Waals surface area contributed by atoms with Crippen molar-refractivity contribution >= 4 is 0 Å². The molecule has 4 atom stereocenters. The maximum absolute atomic E-state index is 10.1. The van der Waals surface area contributed by atoms with Gasteiger partial charge in [0.05, 0.1) is 6.10 Å². The summed E-state index contributed by atoms with van der Waals surface area (Å²) >= 11 is 0. The van der Waals surface area contributed by atoms with Gasteiger partial charge in [0.15, 0.2) is 0 Å². The Hall–Kier alpha value is -0.0800. The second-order valence-electron chi connectivity index (χ2n) is 5.35. The lowest BCUT2D eigenvalue weighted by molar-refractivity contribution is -0.00301. The molecule has 1 saturated heterocycles. The first-order valence-corrected chi connectivity index (χ1v) is 6.69. The van der Waals surface area contributed by atoms with E-state index in [4.69, 9.17) is 0 Å². The highest BCUT2D eigenvalue weighted by atomic mass is 16.3. The number of rotatable bonds is 2. The molecule has 2 fully saturated rings. The van der Waals surface area contributed by atoms with Gasteiger partial charge in [-0.1, -0.05) is 19.8 Å². The van der Waals surface area contributed by atoms with Gasteiger partial charge < -0.3 is 5.11 Å². The molecule has 0 amide bonds. The van der Waals surface area contributed by atoms with E-state index in [0.717, 1.165) is 12.5 Å². The van der Waals surface area contributed by atoms with Crippen LogP contribution in [0.25, 0.3) is 0 Å². The van der Waals surface area contributed by atoms with Gasteiger partial charge in [0, 0.05) is 18.1 Å². The summed E-state index contributed by atoms with van der Waals surface area (Å²) < 4.78 is 0. The van der Waals surface area contributed by atoms with Crippen molar-refractivity contribution in [2.75, 3.05) is 0 Å². The summed E-state index contributed by atoms with van der Waals surface area (Å²) in [5, 5.41) is 10.1. The number of aliphatic hydroxyl groups excluding tert-OH is 1. The molecular formula is C13H25NO. The average molecular weight is 211 g/mol. The van der Waals surface area contributed by atoms with Crippen molar-refractivity contribution in [1.29, 1.82) is 0 Å². The summed E-state index contributed by atoms with van der Waals surface area (Å²) in [7, 11) is 0. The molecule has 0 aromatic heterocycles. The Labute approximate surface area is 93.7 Å². The third-order valence-corrected chi connectivity index (χ3v) is 4.40. The molecule has 88 valence electrons. The molecule has 0 aromatic carbocycles. The molecule has 0 spiro atoms. The molecule has 1 N–H and O–H groups in total. The number of hydrogen-bond acceptors (Lipinski definition) is 2. The van der Waals surface area contributed by atoms with Gasteiger partial charge in [0.25, 0.3) is 0 Å². The van der Waals surface area contributed by atoms with E-state index in [2.05, 4.69) is 18.7 Å². The molecule has 2 unspecified atom stereocenters. The van der Waals surface area contributed by atoms with Crippen LogP contribution in [0.5, 0.6) is 0 Å². The Morgan fingerprint density at radius 2 is 1.87 bits per heavy atom. The third-order valence-electron chi connectivity index (χ3n) is 4.40. The molecule has 2 heteroatoms. The Balaban J connectivity index is 2.05. The lowest BCUT2D eigenvalue weighted by Crippen LogP contribution is -2.50. The zero-order chi connectivity index (χ0) is 10.8.